The molecule has 136 valence electrons. The molecule has 23 heavy (non-hydrogen) atoms. The van der Waals surface area contributed by atoms with Gasteiger partial charge in [0, 0.05) is 13.5 Å². The number of aliphatic hydroxyl groups excluding tert-OH is 1. The van der Waals surface area contributed by atoms with Crippen molar-refractivity contribution in [3.63, 3.8) is 0 Å². The highest BCUT2D eigenvalue weighted by Crippen LogP contribution is 2.23. The molecule has 0 saturated heterocycles. The molecule has 0 bridgehead atoms. The van der Waals surface area contributed by atoms with Crippen molar-refractivity contribution in [2.75, 3.05) is 7.11 Å². The zero-order valence-corrected chi connectivity index (χ0v) is 15.5. The van der Waals surface area contributed by atoms with Crippen LogP contribution >= 0.6 is 0 Å². The van der Waals surface area contributed by atoms with Crippen molar-refractivity contribution in [3.05, 3.63) is 0 Å². The van der Waals surface area contributed by atoms with Gasteiger partial charge in [-0.2, -0.15) is 0 Å². The van der Waals surface area contributed by atoms with Crippen LogP contribution in [0.25, 0.3) is 0 Å². The molecule has 0 amide bonds. The average Bonchev–Trinajstić information content (AvgIpc) is 2.36. The lowest BCUT2D eigenvalue weighted by atomic mass is 9.86. The number of ketones is 1. The molecule has 5 heteroatoms. The lowest BCUT2D eigenvalue weighted by Gasteiger charge is -2.24. The van der Waals surface area contributed by atoms with Gasteiger partial charge in [0.2, 0.25) is 0 Å². The van der Waals surface area contributed by atoms with Crippen LogP contribution in [0.15, 0.2) is 0 Å². The van der Waals surface area contributed by atoms with Crippen LogP contribution < -0.4 is 0 Å². The Bertz CT molecular complexity index is 376. The number of hydrogen-bond donors (Lipinski definition) is 2. The molecule has 0 aromatic heterocycles. The van der Waals surface area contributed by atoms with Crippen LogP contribution in [0.5, 0.6) is 0 Å². The minimum absolute atomic E-state index is 0.0803. The third-order valence-electron chi connectivity index (χ3n) is 4.42. The van der Waals surface area contributed by atoms with Crippen molar-refractivity contribution < 1.29 is 24.5 Å². The zero-order valence-electron chi connectivity index (χ0n) is 15.5. The first kappa shape index (κ1) is 22.1. The van der Waals surface area contributed by atoms with E-state index >= 15 is 0 Å². The third-order valence-corrected chi connectivity index (χ3v) is 4.42. The Kier molecular flexibility index (Phi) is 9.63. The Morgan fingerprint density at radius 1 is 1.17 bits per heavy atom. The normalized spacial score (nSPS) is 16.2. The third kappa shape index (κ3) is 9.06. The van der Waals surface area contributed by atoms with Gasteiger partial charge in [-0.1, -0.05) is 33.6 Å². The predicted octanol–water partition coefficient (Wildman–Crippen LogP) is 3.28. The number of ether oxygens (including phenoxy) is 1. The molecule has 0 aromatic rings. The number of carboxylic acid groups (broad SMARTS) is 1. The fourth-order valence-electron chi connectivity index (χ4n) is 2.80. The maximum atomic E-state index is 12.0. The number of carbonyl (C=O) groups is 2. The van der Waals surface area contributed by atoms with Gasteiger partial charge < -0.3 is 14.9 Å². The summed E-state index contributed by atoms with van der Waals surface area (Å²) in [6.07, 6.45) is 2.55. The molecule has 5 nitrogen and oxygen atoms in total. The van der Waals surface area contributed by atoms with Crippen molar-refractivity contribution >= 4 is 11.8 Å². The van der Waals surface area contributed by atoms with Gasteiger partial charge in [-0.3, -0.25) is 9.59 Å². The first-order valence-electron chi connectivity index (χ1n) is 8.49. The summed E-state index contributed by atoms with van der Waals surface area (Å²) in [6.45, 7) is 9.56. The van der Waals surface area contributed by atoms with E-state index in [2.05, 4.69) is 0 Å². The molecule has 0 aromatic carbocycles. The maximum absolute atomic E-state index is 12.0. The molecule has 0 radical (unpaired) electrons. The zero-order chi connectivity index (χ0) is 18.2. The Labute approximate surface area is 140 Å². The lowest BCUT2D eigenvalue weighted by molar-refractivity contribution is -0.148. The van der Waals surface area contributed by atoms with Crippen molar-refractivity contribution in [2.24, 2.45) is 17.8 Å². The van der Waals surface area contributed by atoms with Gasteiger partial charge >= 0.3 is 5.97 Å². The van der Waals surface area contributed by atoms with E-state index in [1.807, 2.05) is 20.8 Å². The van der Waals surface area contributed by atoms with Crippen LogP contribution in [0, 0.1) is 17.8 Å². The smallest absolute Gasteiger partial charge is 0.314 e. The highest BCUT2D eigenvalue weighted by atomic mass is 16.5. The van der Waals surface area contributed by atoms with Crippen LogP contribution in [-0.2, 0) is 14.3 Å². The second kappa shape index (κ2) is 10.0. The van der Waals surface area contributed by atoms with Crippen LogP contribution in [0.2, 0.25) is 0 Å². The molecular formula is C18H34O5. The molecule has 2 N–H and O–H groups in total. The monoisotopic (exact) mass is 330 g/mol. The minimum atomic E-state index is -1.10. The number of rotatable bonds is 12. The highest BCUT2D eigenvalue weighted by Gasteiger charge is 2.30. The quantitative estimate of drug-likeness (QED) is 0.536. The van der Waals surface area contributed by atoms with E-state index in [0.29, 0.717) is 6.42 Å². The minimum Gasteiger partial charge on any atom is -0.481 e. The summed E-state index contributed by atoms with van der Waals surface area (Å²) in [5.74, 6) is -2.49. The predicted molar refractivity (Wildman–Crippen MR) is 90.3 cm³/mol. The Morgan fingerprint density at radius 2 is 1.74 bits per heavy atom. The van der Waals surface area contributed by atoms with E-state index in [-0.39, 0.29) is 29.6 Å². The summed E-state index contributed by atoms with van der Waals surface area (Å²) >= 11 is 0. The van der Waals surface area contributed by atoms with Gasteiger partial charge in [0.15, 0.2) is 0 Å². The molecule has 0 aliphatic heterocycles. The van der Waals surface area contributed by atoms with Crippen LogP contribution in [-0.4, -0.2) is 40.8 Å². The first-order chi connectivity index (χ1) is 10.5. The second-order valence-electron chi connectivity index (χ2n) is 7.58. The Balaban J connectivity index is 4.25. The van der Waals surface area contributed by atoms with Crippen LogP contribution in [0.1, 0.15) is 66.7 Å². The van der Waals surface area contributed by atoms with Crippen LogP contribution in [0.4, 0.5) is 0 Å². The number of methoxy groups -OCH3 is 1. The molecule has 0 spiro atoms. The molecule has 0 rings (SSSR count). The molecule has 0 heterocycles. The topological polar surface area (TPSA) is 83.8 Å². The Morgan fingerprint density at radius 3 is 2.17 bits per heavy atom. The van der Waals surface area contributed by atoms with Crippen molar-refractivity contribution in [2.45, 2.75) is 78.4 Å². The second-order valence-corrected chi connectivity index (χ2v) is 7.58. The summed E-state index contributed by atoms with van der Waals surface area (Å²) in [4.78, 5) is 23.2. The molecule has 0 aliphatic carbocycles. The molecule has 0 aliphatic rings. The van der Waals surface area contributed by atoms with Crippen LogP contribution in [0.3, 0.4) is 0 Å². The van der Waals surface area contributed by atoms with E-state index in [0.717, 1.165) is 19.3 Å². The molecule has 3 unspecified atom stereocenters. The summed E-state index contributed by atoms with van der Waals surface area (Å²) < 4.78 is 5.37. The standard InChI is InChI=1S/C18H34O5/c1-12(2)16(17(21)22)15(20)11-14(19)10-13(3)8-7-9-18(4,5)23-6/h12-14,16,19H,7-11H2,1-6H3,(H,21,22). The van der Waals surface area contributed by atoms with Gasteiger partial charge in [0.1, 0.15) is 11.7 Å². The SMILES string of the molecule is COC(C)(C)CCCC(C)CC(O)CC(=O)C(C(=O)O)C(C)C. The number of carboxylic acids is 1. The molecule has 3 atom stereocenters. The number of aliphatic carboxylic acids is 1. The van der Waals surface area contributed by atoms with Gasteiger partial charge in [0.25, 0.3) is 0 Å². The largest absolute Gasteiger partial charge is 0.481 e. The van der Waals surface area contributed by atoms with Gasteiger partial charge in [-0.25, -0.2) is 0 Å². The number of carbonyl (C=O) groups excluding carboxylic acids is 1. The molecule has 0 saturated carbocycles. The average molecular weight is 330 g/mol. The number of aliphatic hydroxyl groups is 1. The van der Waals surface area contributed by atoms with Gasteiger partial charge in [0.05, 0.1) is 11.7 Å². The van der Waals surface area contributed by atoms with Crippen molar-refractivity contribution in [1.82, 2.24) is 0 Å². The maximum Gasteiger partial charge on any atom is 0.314 e. The number of hydrogen-bond acceptors (Lipinski definition) is 4. The summed E-state index contributed by atoms with van der Waals surface area (Å²) in [5.41, 5.74) is -0.139. The van der Waals surface area contributed by atoms with Gasteiger partial charge in [-0.15, -0.1) is 0 Å². The summed E-state index contributed by atoms with van der Waals surface area (Å²) in [5, 5.41) is 19.2. The van der Waals surface area contributed by atoms with Crippen molar-refractivity contribution in [3.8, 4) is 0 Å². The fraction of sp³-hybridized carbons (Fsp3) is 0.889. The molecule has 0 fully saturated rings. The van der Waals surface area contributed by atoms with E-state index < -0.39 is 18.0 Å². The molecular weight excluding hydrogens is 296 g/mol. The highest BCUT2D eigenvalue weighted by molar-refractivity contribution is 5.98. The van der Waals surface area contributed by atoms with E-state index in [4.69, 9.17) is 9.84 Å². The Hall–Kier alpha value is -0.940. The summed E-state index contributed by atoms with van der Waals surface area (Å²) in [7, 11) is 1.70. The fourth-order valence-corrected chi connectivity index (χ4v) is 2.80. The number of Topliss-reactive ketones (excluding diaryl/α,β-unsaturated/α-hetero) is 1. The first-order valence-corrected chi connectivity index (χ1v) is 8.49. The van der Waals surface area contributed by atoms with E-state index in [1.165, 1.54) is 0 Å². The van der Waals surface area contributed by atoms with E-state index in [9.17, 15) is 14.7 Å². The van der Waals surface area contributed by atoms with E-state index in [1.54, 1.807) is 21.0 Å². The van der Waals surface area contributed by atoms with Gasteiger partial charge in [-0.05, 0) is 38.5 Å². The van der Waals surface area contributed by atoms with Crippen molar-refractivity contribution in [1.29, 1.82) is 0 Å². The summed E-state index contributed by atoms with van der Waals surface area (Å²) in [6, 6.07) is 0. The lowest BCUT2D eigenvalue weighted by Crippen LogP contribution is -2.31.